The zero-order chi connectivity index (χ0) is 20.1. The van der Waals surface area contributed by atoms with E-state index in [2.05, 4.69) is 37.1 Å². The molecule has 1 aliphatic rings. The third kappa shape index (κ3) is 5.01. The number of nitrogens with one attached hydrogen (secondary N) is 1. The van der Waals surface area contributed by atoms with Gasteiger partial charge in [-0.2, -0.15) is 0 Å². The quantitative estimate of drug-likeness (QED) is 0.860. The summed E-state index contributed by atoms with van der Waals surface area (Å²) in [4.78, 5) is 28.8. The van der Waals surface area contributed by atoms with E-state index in [0.717, 1.165) is 24.3 Å². The molecule has 28 heavy (non-hydrogen) atoms. The number of anilines is 1. The number of piperazine rings is 1. The number of benzene rings is 1. The third-order valence-electron chi connectivity index (χ3n) is 5.06. The molecule has 0 spiro atoms. The lowest BCUT2D eigenvalue weighted by Gasteiger charge is -2.34. The van der Waals surface area contributed by atoms with Crippen molar-refractivity contribution in [3.05, 3.63) is 54.0 Å². The minimum atomic E-state index is -0.0684. The summed E-state index contributed by atoms with van der Waals surface area (Å²) in [5.41, 5.74) is 1.99. The number of carbonyl (C=O) groups excluding carboxylic acids is 2. The van der Waals surface area contributed by atoms with Crippen molar-refractivity contribution in [3.63, 3.8) is 0 Å². The molecule has 1 aromatic carbocycles. The molecule has 2 aromatic rings. The normalized spacial score (nSPS) is 15.5. The van der Waals surface area contributed by atoms with E-state index in [1.807, 2.05) is 18.2 Å². The van der Waals surface area contributed by atoms with Crippen LogP contribution in [0.1, 0.15) is 43.3 Å². The number of rotatable bonds is 5. The number of para-hydroxylation sites is 1. The van der Waals surface area contributed by atoms with Crippen LogP contribution in [0.4, 0.5) is 5.69 Å². The Hall–Kier alpha value is -2.60. The summed E-state index contributed by atoms with van der Waals surface area (Å²) in [7, 11) is 0. The van der Waals surface area contributed by atoms with Gasteiger partial charge in [-0.3, -0.25) is 14.5 Å². The SMILES string of the molecule is CC(C)(C)c1ccccc1NC(=O)CCN1CCN(C(=O)c2ccco2)CC1. The van der Waals surface area contributed by atoms with Crippen molar-refractivity contribution < 1.29 is 14.0 Å². The predicted molar refractivity (Wildman–Crippen MR) is 109 cm³/mol. The largest absolute Gasteiger partial charge is 0.459 e. The highest BCUT2D eigenvalue weighted by Crippen LogP contribution is 2.29. The van der Waals surface area contributed by atoms with Crippen molar-refractivity contribution in [1.82, 2.24) is 9.80 Å². The van der Waals surface area contributed by atoms with Gasteiger partial charge in [0.25, 0.3) is 5.91 Å². The van der Waals surface area contributed by atoms with Gasteiger partial charge in [-0.15, -0.1) is 0 Å². The van der Waals surface area contributed by atoms with E-state index >= 15 is 0 Å². The molecule has 1 aromatic heterocycles. The van der Waals surface area contributed by atoms with E-state index in [-0.39, 0.29) is 17.2 Å². The van der Waals surface area contributed by atoms with Gasteiger partial charge in [-0.25, -0.2) is 0 Å². The molecule has 0 saturated carbocycles. The van der Waals surface area contributed by atoms with Crippen LogP contribution >= 0.6 is 0 Å². The Bertz CT molecular complexity index is 801. The fourth-order valence-electron chi connectivity index (χ4n) is 3.45. The van der Waals surface area contributed by atoms with E-state index in [4.69, 9.17) is 4.42 Å². The van der Waals surface area contributed by atoms with Crippen LogP contribution in [0, 0.1) is 0 Å². The van der Waals surface area contributed by atoms with Crippen LogP contribution in [0.25, 0.3) is 0 Å². The first-order chi connectivity index (χ1) is 13.3. The average molecular weight is 383 g/mol. The first-order valence-corrected chi connectivity index (χ1v) is 9.79. The number of amides is 2. The molecule has 6 heteroatoms. The zero-order valence-electron chi connectivity index (χ0n) is 16.9. The summed E-state index contributed by atoms with van der Waals surface area (Å²) in [6.45, 7) is 9.93. The highest BCUT2D eigenvalue weighted by Gasteiger charge is 2.24. The highest BCUT2D eigenvalue weighted by molar-refractivity contribution is 5.92. The molecule has 150 valence electrons. The van der Waals surface area contributed by atoms with Crippen LogP contribution < -0.4 is 5.32 Å². The summed E-state index contributed by atoms with van der Waals surface area (Å²) < 4.78 is 5.19. The van der Waals surface area contributed by atoms with Gasteiger partial charge in [-0.05, 0) is 29.2 Å². The maximum atomic E-state index is 12.4. The summed E-state index contributed by atoms with van der Waals surface area (Å²) in [6, 6.07) is 11.4. The molecule has 0 bridgehead atoms. The molecular weight excluding hydrogens is 354 g/mol. The molecule has 1 fully saturated rings. The zero-order valence-corrected chi connectivity index (χ0v) is 16.9. The molecular formula is C22H29N3O3. The van der Waals surface area contributed by atoms with E-state index < -0.39 is 0 Å². The molecule has 0 radical (unpaired) electrons. The van der Waals surface area contributed by atoms with Crippen molar-refractivity contribution in [2.75, 3.05) is 38.0 Å². The van der Waals surface area contributed by atoms with Crippen LogP contribution in [0.15, 0.2) is 47.1 Å². The Labute approximate surface area is 166 Å². The summed E-state index contributed by atoms with van der Waals surface area (Å²) in [5, 5.41) is 3.06. The van der Waals surface area contributed by atoms with Crippen LogP contribution in [0.2, 0.25) is 0 Å². The monoisotopic (exact) mass is 383 g/mol. The molecule has 1 aliphatic heterocycles. The van der Waals surface area contributed by atoms with Crippen molar-refractivity contribution in [3.8, 4) is 0 Å². The number of hydrogen-bond donors (Lipinski definition) is 1. The van der Waals surface area contributed by atoms with Crippen molar-refractivity contribution in [2.45, 2.75) is 32.6 Å². The number of furan rings is 1. The Morgan fingerprint density at radius 3 is 2.39 bits per heavy atom. The Morgan fingerprint density at radius 2 is 1.75 bits per heavy atom. The predicted octanol–water partition coefficient (Wildman–Crippen LogP) is 3.36. The number of nitrogens with zero attached hydrogens (tertiary/aromatic N) is 2. The standard InChI is InChI=1S/C22H29N3O3/c1-22(2,3)17-7-4-5-8-18(17)23-20(26)10-11-24-12-14-25(15-13-24)21(27)19-9-6-16-28-19/h4-9,16H,10-15H2,1-3H3,(H,23,26). The maximum absolute atomic E-state index is 12.4. The first-order valence-electron chi connectivity index (χ1n) is 9.79. The summed E-state index contributed by atoms with van der Waals surface area (Å²) >= 11 is 0. The smallest absolute Gasteiger partial charge is 0.289 e. The molecule has 1 N–H and O–H groups in total. The molecule has 2 heterocycles. The van der Waals surface area contributed by atoms with Gasteiger partial charge in [0.2, 0.25) is 5.91 Å². The molecule has 3 rings (SSSR count). The van der Waals surface area contributed by atoms with Gasteiger partial charge in [0.1, 0.15) is 0 Å². The highest BCUT2D eigenvalue weighted by atomic mass is 16.3. The summed E-state index contributed by atoms with van der Waals surface area (Å²) in [5.74, 6) is 0.331. The molecule has 0 unspecified atom stereocenters. The van der Waals surface area contributed by atoms with E-state index in [1.165, 1.54) is 6.26 Å². The second-order valence-electron chi connectivity index (χ2n) is 8.20. The molecule has 6 nitrogen and oxygen atoms in total. The molecule has 0 aliphatic carbocycles. The van der Waals surface area contributed by atoms with Gasteiger partial charge in [-0.1, -0.05) is 39.0 Å². The minimum Gasteiger partial charge on any atom is -0.459 e. The maximum Gasteiger partial charge on any atom is 0.289 e. The third-order valence-corrected chi connectivity index (χ3v) is 5.06. The average Bonchev–Trinajstić information content (AvgIpc) is 3.20. The van der Waals surface area contributed by atoms with Crippen molar-refractivity contribution in [2.24, 2.45) is 0 Å². The lowest BCUT2D eigenvalue weighted by Crippen LogP contribution is -2.49. The molecule has 0 atom stereocenters. The van der Waals surface area contributed by atoms with E-state index in [1.54, 1.807) is 17.0 Å². The van der Waals surface area contributed by atoms with Crippen molar-refractivity contribution >= 4 is 17.5 Å². The van der Waals surface area contributed by atoms with Crippen molar-refractivity contribution in [1.29, 1.82) is 0 Å². The Balaban J connectivity index is 1.46. The van der Waals surface area contributed by atoms with Crippen LogP contribution in [0.5, 0.6) is 0 Å². The van der Waals surface area contributed by atoms with E-state index in [0.29, 0.717) is 31.8 Å². The molecule has 1 saturated heterocycles. The van der Waals surface area contributed by atoms with Crippen LogP contribution in [0.3, 0.4) is 0 Å². The van der Waals surface area contributed by atoms with Crippen LogP contribution in [-0.4, -0.2) is 54.3 Å². The topological polar surface area (TPSA) is 65.8 Å². The van der Waals surface area contributed by atoms with Crippen LogP contribution in [-0.2, 0) is 10.2 Å². The lowest BCUT2D eigenvalue weighted by atomic mass is 9.86. The van der Waals surface area contributed by atoms with Gasteiger partial charge >= 0.3 is 0 Å². The first kappa shape index (κ1) is 20.1. The number of carbonyl (C=O) groups is 2. The lowest BCUT2D eigenvalue weighted by molar-refractivity contribution is -0.116. The van der Waals surface area contributed by atoms with Gasteiger partial charge in [0, 0.05) is 44.8 Å². The number of hydrogen-bond acceptors (Lipinski definition) is 4. The summed E-state index contributed by atoms with van der Waals surface area (Å²) in [6.07, 6.45) is 1.95. The fourth-order valence-corrected chi connectivity index (χ4v) is 3.45. The second kappa shape index (κ2) is 8.61. The second-order valence-corrected chi connectivity index (χ2v) is 8.20. The van der Waals surface area contributed by atoms with Gasteiger partial charge in [0.05, 0.1) is 6.26 Å². The minimum absolute atomic E-state index is 0.0193. The fraction of sp³-hybridized carbons (Fsp3) is 0.455. The van der Waals surface area contributed by atoms with Gasteiger partial charge < -0.3 is 14.6 Å². The Kier molecular flexibility index (Phi) is 6.19. The molecule has 2 amide bonds. The van der Waals surface area contributed by atoms with E-state index in [9.17, 15) is 9.59 Å². The van der Waals surface area contributed by atoms with Gasteiger partial charge in [0.15, 0.2) is 5.76 Å². The Morgan fingerprint density at radius 1 is 1.04 bits per heavy atom.